The highest BCUT2D eigenvalue weighted by molar-refractivity contribution is 5.89. The Morgan fingerprint density at radius 2 is 1.15 bits per heavy atom. The molecule has 0 saturated heterocycles. The van der Waals surface area contributed by atoms with Crippen molar-refractivity contribution >= 4 is 5.97 Å². The van der Waals surface area contributed by atoms with E-state index >= 15 is 0 Å². The van der Waals surface area contributed by atoms with Crippen LogP contribution in [0, 0.1) is 0 Å². The molecule has 0 amide bonds. The molecule has 0 N–H and O–H groups in total. The van der Waals surface area contributed by atoms with E-state index in [0.29, 0.717) is 18.4 Å². The molecule has 4 aromatic rings. The number of benzene rings is 4. The van der Waals surface area contributed by atoms with Gasteiger partial charge in [-0.25, -0.2) is 4.79 Å². The zero-order valence-corrected chi connectivity index (χ0v) is 24.3. The van der Waals surface area contributed by atoms with E-state index in [1.165, 1.54) is 24.3 Å². The van der Waals surface area contributed by atoms with Crippen LogP contribution in [0.25, 0.3) is 33.4 Å². The van der Waals surface area contributed by atoms with Crippen LogP contribution < -0.4 is 0 Å². The smallest absolute Gasteiger partial charge is 0.417 e. The molecule has 14 heteroatoms. The number of hydrogen-bond acceptors (Lipinski definition) is 2. The molecule has 0 bridgehead atoms. The van der Waals surface area contributed by atoms with E-state index < -0.39 is 58.5 Å². The first-order chi connectivity index (χ1) is 22.2. The summed E-state index contributed by atoms with van der Waals surface area (Å²) in [6.07, 6.45) is -20.0. The number of alkyl halides is 12. The number of halogens is 12. The summed E-state index contributed by atoms with van der Waals surface area (Å²) in [4.78, 5) is 11.2. The van der Waals surface area contributed by atoms with E-state index in [2.05, 4.69) is 6.58 Å². The van der Waals surface area contributed by atoms with Crippen molar-refractivity contribution in [3.8, 4) is 33.4 Å². The summed E-state index contributed by atoms with van der Waals surface area (Å²) < 4.78 is 170. The first-order valence-corrected chi connectivity index (χ1v) is 13.8. The molecular weight excluding hydrogens is 668 g/mol. The summed E-state index contributed by atoms with van der Waals surface area (Å²) in [6, 6.07) is 12.1. The van der Waals surface area contributed by atoms with Crippen molar-refractivity contribution < 1.29 is 62.2 Å². The Labute approximate surface area is 265 Å². The number of aryl methyl sites for hydroxylation is 1. The number of ether oxygens (including phenoxy) is 1. The van der Waals surface area contributed by atoms with Crippen LogP contribution in [0.2, 0.25) is 0 Å². The molecule has 4 aromatic carbocycles. The normalized spacial score (nSPS) is 12.6. The molecule has 0 saturated carbocycles. The SMILES string of the molecule is C=CC(=O)OCCCc1ccc(-c2cc(-c3ccc(C(F)(F)F)c(C(F)(F)F)c3)ccc2-c2cccc(C(F)(F)F)c2C(F)(F)F)cc1. The maximum absolute atomic E-state index is 14.2. The molecule has 0 aliphatic carbocycles. The van der Waals surface area contributed by atoms with Crippen LogP contribution in [-0.2, 0) is 40.7 Å². The molecule has 0 aromatic heterocycles. The number of rotatable bonds is 8. The van der Waals surface area contributed by atoms with Gasteiger partial charge in [0, 0.05) is 6.08 Å². The highest BCUT2D eigenvalue weighted by Gasteiger charge is 2.45. The standard InChI is InChI=1S/C34H22F12O2/c1-2-29(47)48-16-4-5-19-8-10-20(11-9-19)25-17-21(22-13-15-26(31(35,36)37)28(18-22)33(41,42)43)12-14-23(25)24-6-3-7-27(32(38,39)40)30(24)34(44,45)46/h2-3,6-15,17-18H,1,4-5,16H2. The quantitative estimate of drug-likeness (QED) is 0.0796. The van der Waals surface area contributed by atoms with Crippen molar-refractivity contribution in [3.05, 3.63) is 119 Å². The van der Waals surface area contributed by atoms with E-state index in [4.69, 9.17) is 4.74 Å². The van der Waals surface area contributed by atoms with E-state index in [-0.39, 0.29) is 52.6 Å². The molecule has 48 heavy (non-hydrogen) atoms. The zero-order valence-electron chi connectivity index (χ0n) is 24.3. The Hall–Kier alpha value is -4.75. The summed E-state index contributed by atoms with van der Waals surface area (Å²) in [5.41, 5.74) is -9.03. The molecule has 0 aliphatic heterocycles. The molecule has 0 radical (unpaired) electrons. The van der Waals surface area contributed by atoms with Crippen LogP contribution in [0.15, 0.2) is 91.5 Å². The zero-order chi connectivity index (χ0) is 35.7. The molecule has 2 nitrogen and oxygen atoms in total. The topological polar surface area (TPSA) is 26.3 Å². The van der Waals surface area contributed by atoms with E-state index in [1.807, 2.05) is 0 Å². The monoisotopic (exact) mass is 690 g/mol. The second-order valence-corrected chi connectivity index (χ2v) is 10.4. The summed E-state index contributed by atoms with van der Waals surface area (Å²) in [6.45, 7) is 3.31. The van der Waals surface area contributed by atoms with Crippen LogP contribution in [0.3, 0.4) is 0 Å². The molecule has 0 fully saturated rings. The number of carbonyl (C=O) groups is 1. The number of hydrogen-bond donors (Lipinski definition) is 0. The lowest BCUT2D eigenvalue weighted by Crippen LogP contribution is -2.18. The van der Waals surface area contributed by atoms with Crippen LogP contribution in [0.5, 0.6) is 0 Å². The third-order valence-corrected chi connectivity index (χ3v) is 7.21. The first kappa shape index (κ1) is 36.1. The third kappa shape index (κ3) is 8.20. The van der Waals surface area contributed by atoms with E-state index in [0.717, 1.165) is 42.5 Å². The maximum atomic E-state index is 14.2. The highest BCUT2D eigenvalue weighted by Crippen LogP contribution is 2.48. The molecule has 0 heterocycles. The van der Waals surface area contributed by atoms with Gasteiger partial charge in [-0.3, -0.25) is 0 Å². The van der Waals surface area contributed by atoms with E-state index in [9.17, 15) is 57.5 Å². The van der Waals surface area contributed by atoms with Gasteiger partial charge in [-0.1, -0.05) is 61.2 Å². The van der Waals surface area contributed by atoms with Crippen LogP contribution in [-0.4, -0.2) is 12.6 Å². The average Bonchev–Trinajstić information content (AvgIpc) is 3.00. The van der Waals surface area contributed by atoms with Gasteiger partial charge in [0.25, 0.3) is 0 Å². The highest BCUT2D eigenvalue weighted by atomic mass is 19.4. The second kappa shape index (κ2) is 13.4. The minimum Gasteiger partial charge on any atom is -0.463 e. The fraction of sp³-hybridized carbons (Fsp3) is 0.206. The number of esters is 1. The van der Waals surface area contributed by atoms with Gasteiger partial charge in [-0.2, -0.15) is 52.7 Å². The van der Waals surface area contributed by atoms with Crippen molar-refractivity contribution in [2.75, 3.05) is 6.61 Å². The first-order valence-electron chi connectivity index (χ1n) is 13.8. The van der Waals surface area contributed by atoms with Gasteiger partial charge in [0.2, 0.25) is 0 Å². The van der Waals surface area contributed by atoms with Gasteiger partial charge in [0.05, 0.1) is 28.9 Å². The van der Waals surface area contributed by atoms with Gasteiger partial charge >= 0.3 is 30.7 Å². The predicted molar refractivity (Wildman–Crippen MR) is 152 cm³/mol. The molecule has 4 rings (SSSR count). The van der Waals surface area contributed by atoms with Gasteiger partial charge in [0.15, 0.2) is 0 Å². The Morgan fingerprint density at radius 3 is 1.71 bits per heavy atom. The minimum atomic E-state index is -5.49. The molecular formula is C34H22F12O2. The van der Waals surface area contributed by atoms with Crippen molar-refractivity contribution in [1.29, 1.82) is 0 Å². The van der Waals surface area contributed by atoms with Crippen molar-refractivity contribution in [2.24, 2.45) is 0 Å². The average molecular weight is 691 g/mol. The summed E-state index contributed by atoms with van der Waals surface area (Å²) in [5.74, 6) is -0.638. The number of carbonyl (C=O) groups excluding carboxylic acids is 1. The summed E-state index contributed by atoms with van der Waals surface area (Å²) in [7, 11) is 0. The summed E-state index contributed by atoms with van der Waals surface area (Å²) >= 11 is 0. The third-order valence-electron chi connectivity index (χ3n) is 7.21. The van der Waals surface area contributed by atoms with Gasteiger partial charge in [-0.05, 0) is 76.1 Å². The summed E-state index contributed by atoms with van der Waals surface area (Å²) in [5, 5.41) is 0. The molecule has 0 atom stereocenters. The predicted octanol–water partition coefficient (Wildman–Crippen LogP) is 11.4. The lowest BCUT2D eigenvalue weighted by atomic mass is 9.86. The molecule has 0 aliphatic rings. The van der Waals surface area contributed by atoms with Gasteiger partial charge in [-0.15, -0.1) is 0 Å². The Morgan fingerprint density at radius 1 is 0.583 bits per heavy atom. The van der Waals surface area contributed by atoms with Crippen molar-refractivity contribution in [3.63, 3.8) is 0 Å². The van der Waals surface area contributed by atoms with Gasteiger partial charge < -0.3 is 4.74 Å². The van der Waals surface area contributed by atoms with Gasteiger partial charge in [0.1, 0.15) is 0 Å². The van der Waals surface area contributed by atoms with Crippen LogP contribution in [0.4, 0.5) is 52.7 Å². The fourth-order valence-corrected chi connectivity index (χ4v) is 5.08. The fourth-order valence-electron chi connectivity index (χ4n) is 5.08. The largest absolute Gasteiger partial charge is 0.463 e. The molecule has 0 unspecified atom stereocenters. The van der Waals surface area contributed by atoms with Crippen molar-refractivity contribution in [1.82, 2.24) is 0 Å². The molecule has 0 spiro atoms. The lowest BCUT2D eigenvalue weighted by molar-refractivity contribution is -0.162. The van der Waals surface area contributed by atoms with E-state index in [1.54, 1.807) is 0 Å². The van der Waals surface area contributed by atoms with Crippen molar-refractivity contribution in [2.45, 2.75) is 37.5 Å². The Kier molecular flexibility index (Phi) is 10.1. The molecule has 254 valence electrons. The van der Waals surface area contributed by atoms with Crippen LogP contribution in [0.1, 0.15) is 34.2 Å². The lowest BCUT2D eigenvalue weighted by Gasteiger charge is -2.22. The maximum Gasteiger partial charge on any atom is 0.417 e. The Balaban J connectivity index is 1.91. The van der Waals surface area contributed by atoms with Crippen LogP contribution >= 0.6 is 0 Å². The Bertz CT molecular complexity index is 1800. The second-order valence-electron chi connectivity index (χ2n) is 10.4. The minimum absolute atomic E-state index is 0.0433.